The molecule has 0 spiro atoms. The molecule has 0 radical (unpaired) electrons. The van der Waals surface area contributed by atoms with Crippen molar-refractivity contribution in [3.63, 3.8) is 0 Å². The number of rotatable bonds is 10. The Kier molecular flexibility index (Phi) is 9.37. The van der Waals surface area contributed by atoms with E-state index in [1.165, 1.54) is 5.56 Å². The average molecular weight is 439 g/mol. The highest BCUT2D eigenvalue weighted by molar-refractivity contribution is 6.74. The molecule has 1 rings (SSSR count). The van der Waals surface area contributed by atoms with Gasteiger partial charge >= 0.3 is 0 Å². The van der Waals surface area contributed by atoms with E-state index in [2.05, 4.69) is 98.9 Å². The SMILES string of the molecule is C[C@@H](CO[Si](C)(C)C(C)(C)C)[C@@H](COCc1ccccc1)O[Si](C)(C)C(C)(C)C. The van der Waals surface area contributed by atoms with Gasteiger partial charge < -0.3 is 13.6 Å². The maximum absolute atomic E-state index is 6.80. The van der Waals surface area contributed by atoms with Gasteiger partial charge in [-0.15, -0.1) is 0 Å². The Hall–Kier alpha value is -0.466. The van der Waals surface area contributed by atoms with Gasteiger partial charge in [-0.2, -0.15) is 0 Å². The van der Waals surface area contributed by atoms with Crippen LogP contribution in [0.1, 0.15) is 54.0 Å². The largest absolute Gasteiger partial charge is 0.416 e. The van der Waals surface area contributed by atoms with Crippen LogP contribution in [-0.4, -0.2) is 36.0 Å². The molecule has 1 aromatic carbocycles. The van der Waals surface area contributed by atoms with Gasteiger partial charge in [0.15, 0.2) is 16.6 Å². The Morgan fingerprint density at radius 2 is 1.31 bits per heavy atom. The normalized spacial score (nSPS) is 16.0. The van der Waals surface area contributed by atoms with Crippen LogP contribution in [0, 0.1) is 5.92 Å². The maximum atomic E-state index is 6.80. The van der Waals surface area contributed by atoms with E-state index in [9.17, 15) is 0 Å². The third-order valence-electron chi connectivity index (χ3n) is 6.79. The smallest absolute Gasteiger partial charge is 0.192 e. The van der Waals surface area contributed by atoms with E-state index in [0.29, 0.717) is 13.2 Å². The van der Waals surface area contributed by atoms with Crippen molar-refractivity contribution in [3.8, 4) is 0 Å². The minimum absolute atomic E-state index is 0.0457. The summed E-state index contributed by atoms with van der Waals surface area (Å²) in [4.78, 5) is 0. The van der Waals surface area contributed by atoms with Crippen LogP contribution in [-0.2, 0) is 20.2 Å². The molecule has 168 valence electrons. The zero-order valence-electron chi connectivity index (χ0n) is 20.9. The highest BCUT2D eigenvalue weighted by Gasteiger charge is 2.41. The molecule has 0 amide bonds. The molecule has 0 heterocycles. The van der Waals surface area contributed by atoms with Crippen molar-refractivity contribution in [2.75, 3.05) is 13.2 Å². The Morgan fingerprint density at radius 1 is 0.793 bits per heavy atom. The van der Waals surface area contributed by atoms with Crippen LogP contribution in [0.5, 0.6) is 0 Å². The van der Waals surface area contributed by atoms with Crippen molar-refractivity contribution in [1.82, 2.24) is 0 Å². The summed E-state index contributed by atoms with van der Waals surface area (Å²) in [6, 6.07) is 10.4. The number of hydrogen-bond acceptors (Lipinski definition) is 3. The van der Waals surface area contributed by atoms with Crippen LogP contribution in [0.2, 0.25) is 36.3 Å². The van der Waals surface area contributed by atoms with Gasteiger partial charge in [-0.05, 0) is 41.8 Å². The van der Waals surface area contributed by atoms with E-state index in [4.69, 9.17) is 13.6 Å². The van der Waals surface area contributed by atoms with Gasteiger partial charge in [0, 0.05) is 12.5 Å². The topological polar surface area (TPSA) is 27.7 Å². The molecule has 0 bridgehead atoms. The van der Waals surface area contributed by atoms with Gasteiger partial charge in [-0.25, -0.2) is 0 Å². The summed E-state index contributed by atoms with van der Waals surface area (Å²) in [5.74, 6) is 0.286. The molecule has 5 heteroatoms. The minimum Gasteiger partial charge on any atom is -0.416 e. The molecule has 1 aromatic rings. The second-order valence-electron chi connectivity index (χ2n) is 11.5. The van der Waals surface area contributed by atoms with Gasteiger partial charge in [0.1, 0.15) is 0 Å². The Labute approximate surface area is 182 Å². The molecule has 0 unspecified atom stereocenters. The lowest BCUT2D eigenvalue weighted by atomic mass is 10.1. The lowest BCUT2D eigenvalue weighted by Crippen LogP contribution is -2.48. The van der Waals surface area contributed by atoms with Crippen LogP contribution in [0.4, 0.5) is 0 Å². The van der Waals surface area contributed by atoms with Crippen molar-refractivity contribution < 1.29 is 13.6 Å². The molecule has 0 aromatic heterocycles. The lowest BCUT2D eigenvalue weighted by molar-refractivity contribution is -0.00265. The van der Waals surface area contributed by atoms with Crippen molar-refractivity contribution in [3.05, 3.63) is 35.9 Å². The first-order valence-electron chi connectivity index (χ1n) is 11.0. The minimum atomic E-state index is -1.90. The predicted octanol–water partition coefficient (Wildman–Crippen LogP) is 7.25. The first-order chi connectivity index (χ1) is 13.1. The fourth-order valence-electron chi connectivity index (χ4n) is 2.40. The molecule has 0 saturated heterocycles. The fourth-order valence-corrected chi connectivity index (χ4v) is 4.92. The molecule has 0 saturated carbocycles. The number of hydrogen-bond donors (Lipinski definition) is 0. The van der Waals surface area contributed by atoms with E-state index in [0.717, 1.165) is 6.61 Å². The van der Waals surface area contributed by atoms with Crippen molar-refractivity contribution in [2.24, 2.45) is 5.92 Å². The summed E-state index contributed by atoms with van der Waals surface area (Å²) in [6.45, 7) is 27.2. The highest BCUT2D eigenvalue weighted by Crippen LogP contribution is 2.39. The first kappa shape index (κ1) is 26.6. The predicted molar refractivity (Wildman–Crippen MR) is 130 cm³/mol. The van der Waals surface area contributed by atoms with Crippen molar-refractivity contribution in [2.45, 2.75) is 97.4 Å². The van der Waals surface area contributed by atoms with E-state index in [1.807, 2.05) is 6.07 Å². The molecular formula is C24H46O3Si2. The second-order valence-corrected chi connectivity index (χ2v) is 21.0. The summed E-state index contributed by atoms with van der Waals surface area (Å²) in [7, 11) is -3.67. The number of benzene rings is 1. The van der Waals surface area contributed by atoms with E-state index < -0.39 is 16.6 Å². The molecule has 0 aliphatic heterocycles. The van der Waals surface area contributed by atoms with Crippen molar-refractivity contribution >= 4 is 16.6 Å². The van der Waals surface area contributed by atoms with Crippen molar-refractivity contribution in [1.29, 1.82) is 0 Å². The van der Waals surface area contributed by atoms with Crippen LogP contribution in [0.25, 0.3) is 0 Å². The molecule has 29 heavy (non-hydrogen) atoms. The highest BCUT2D eigenvalue weighted by atomic mass is 28.4. The van der Waals surface area contributed by atoms with Gasteiger partial charge in [0.05, 0.1) is 19.3 Å². The molecule has 0 fully saturated rings. The fraction of sp³-hybridized carbons (Fsp3) is 0.750. The molecular weight excluding hydrogens is 392 g/mol. The summed E-state index contributed by atoms with van der Waals surface area (Å²) in [6.07, 6.45) is 0.0457. The average Bonchev–Trinajstić information content (AvgIpc) is 2.57. The first-order valence-corrected chi connectivity index (χ1v) is 16.8. The Bertz CT molecular complexity index is 601. The molecule has 2 atom stereocenters. The van der Waals surface area contributed by atoms with Crippen LogP contribution in [0.15, 0.2) is 30.3 Å². The molecule has 3 nitrogen and oxygen atoms in total. The van der Waals surface area contributed by atoms with Crippen LogP contribution >= 0.6 is 0 Å². The van der Waals surface area contributed by atoms with E-state index in [-0.39, 0.29) is 22.1 Å². The maximum Gasteiger partial charge on any atom is 0.192 e. The van der Waals surface area contributed by atoms with E-state index in [1.54, 1.807) is 0 Å². The summed E-state index contributed by atoms with van der Waals surface area (Å²) in [5, 5.41) is 0.386. The standard InChI is InChI=1S/C24H46O3Si2/c1-20(17-26-28(8,9)23(2,3)4)22(27-29(10,11)24(5,6)7)19-25-18-21-15-13-12-14-16-21/h12-16,20,22H,17-19H2,1-11H3/t20-,22+/m0/s1. The van der Waals surface area contributed by atoms with Gasteiger partial charge in [-0.1, -0.05) is 78.8 Å². The van der Waals surface area contributed by atoms with E-state index >= 15 is 0 Å². The molecule has 0 N–H and O–H groups in total. The van der Waals surface area contributed by atoms with Gasteiger partial charge in [0.25, 0.3) is 0 Å². The molecule has 0 aliphatic rings. The zero-order valence-corrected chi connectivity index (χ0v) is 22.9. The third kappa shape index (κ3) is 8.29. The second kappa shape index (κ2) is 10.2. The zero-order chi connectivity index (χ0) is 22.5. The summed E-state index contributed by atoms with van der Waals surface area (Å²) >= 11 is 0. The number of ether oxygens (including phenoxy) is 1. The van der Waals surface area contributed by atoms with Crippen LogP contribution < -0.4 is 0 Å². The summed E-state index contributed by atoms with van der Waals surface area (Å²) < 4.78 is 19.4. The third-order valence-corrected chi connectivity index (χ3v) is 15.8. The quantitative estimate of drug-likeness (QED) is 0.360. The summed E-state index contributed by atoms with van der Waals surface area (Å²) in [5.41, 5.74) is 1.20. The Balaban J connectivity index is 2.82. The Morgan fingerprint density at radius 3 is 1.79 bits per heavy atom. The van der Waals surface area contributed by atoms with Crippen LogP contribution in [0.3, 0.4) is 0 Å². The lowest BCUT2D eigenvalue weighted by Gasteiger charge is -2.42. The van der Waals surface area contributed by atoms with Gasteiger partial charge in [-0.3, -0.25) is 0 Å². The molecule has 0 aliphatic carbocycles. The van der Waals surface area contributed by atoms with Gasteiger partial charge in [0.2, 0.25) is 0 Å². The monoisotopic (exact) mass is 438 g/mol.